The average Bonchev–Trinajstić information content (AvgIpc) is 2.77. The second-order valence-corrected chi connectivity index (χ2v) is 10.4. The number of carbonyl (C=O) groups is 1. The fourth-order valence-corrected chi connectivity index (χ4v) is 6.13. The molecule has 3 aromatic rings. The number of anilines is 1. The molecule has 0 aliphatic carbocycles. The molecular weight excluding hydrogens is 452 g/mol. The molecule has 0 aromatic heterocycles. The van der Waals surface area contributed by atoms with Gasteiger partial charge < -0.3 is 5.32 Å². The zero-order valence-corrected chi connectivity index (χ0v) is 19.0. The molecule has 1 N–H and O–H groups in total. The molecule has 0 bridgehead atoms. The van der Waals surface area contributed by atoms with Crippen LogP contribution in [0.3, 0.4) is 0 Å². The van der Waals surface area contributed by atoms with E-state index in [4.69, 9.17) is 11.6 Å². The van der Waals surface area contributed by atoms with Crippen molar-refractivity contribution in [1.29, 1.82) is 0 Å². The fourth-order valence-electron chi connectivity index (χ4n) is 3.49. The van der Waals surface area contributed by atoms with Crippen LogP contribution >= 0.6 is 23.4 Å². The molecule has 3 aromatic carbocycles. The van der Waals surface area contributed by atoms with Gasteiger partial charge in [0.15, 0.2) is 0 Å². The highest BCUT2D eigenvalue weighted by Gasteiger charge is 2.35. The Morgan fingerprint density at radius 3 is 2.52 bits per heavy atom. The SMILES string of the molecule is O=C(CN1c2ccc(Cl)cc2-c2ccccc2S1(=O)=O)NCCSCc1ccccc1. The van der Waals surface area contributed by atoms with E-state index in [0.29, 0.717) is 28.4 Å². The Bertz CT molecular complexity index is 1200. The van der Waals surface area contributed by atoms with Gasteiger partial charge in [0, 0.05) is 34.2 Å². The molecular formula is C23H21ClN2O3S2. The summed E-state index contributed by atoms with van der Waals surface area (Å²) in [6.07, 6.45) is 0. The van der Waals surface area contributed by atoms with Gasteiger partial charge in [-0.05, 0) is 29.8 Å². The van der Waals surface area contributed by atoms with Crippen LogP contribution < -0.4 is 9.62 Å². The Hall–Kier alpha value is -2.48. The number of rotatable bonds is 7. The van der Waals surface area contributed by atoms with Crippen molar-refractivity contribution >= 4 is 45.0 Å². The number of benzene rings is 3. The van der Waals surface area contributed by atoms with Gasteiger partial charge >= 0.3 is 0 Å². The third-order valence-electron chi connectivity index (χ3n) is 4.94. The predicted molar refractivity (Wildman–Crippen MR) is 127 cm³/mol. The van der Waals surface area contributed by atoms with Gasteiger partial charge in [0.1, 0.15) is 6.54 Å². The van der Waals surface area contributed by atoms with Crippen LogP contribution in [0.4, 0.5) is 5.69 Å². The number of halogens is 1. The molecule has 0 atom stereocenters. The van der Waals surface area contributed by atoms with Crippen molar-refractivity contribution in [1.82, 2.24) is 5.32 Å². The van der Waals surface area contributed by atoms with Crippen LogP contribution in [0.5, 0.6) is 0 Å². The Kier molecular flexibility index (Phi) is 6.55. The molecule has 31 heavy (non-hydrogen) atoms. The lowest BCUT2D eigenvalue weighted by molar-refractivity contribution is -0.119. The molecule has 0 unspecified atom stereocenters. The molecule has 0 radical (unpaired) electrons. The number of thioether (sulfide) groups is 1. The highest BCUT2D eigenvalue weighted by Crippen LogP contribution is 2.43. The van der Waals surface area contributed by atoms with Crippen LogP contribution in [0.2, 0.25) is 5.02 Å². The zero-order valence-electron chi connectivity index (χ0n) is 16.6. The van der Waals surface area contributed by atoms with E-state index in [-0.39, 0.29) is 17.3 Å². The first-order valence-corrected chi connectivity index (χ1v) is 12.7. The summed E-state index contributed by atoms with van der Waals surface area (Å²) >= 11 is 7.87. The zero-order chi connectivity index (χ0) is 21.8. The van der Waals surface area contributed by atoms with E-state index in [2.05, 4.69) is 17.4 Å². The molecule has 1 amide bonds. The smallest absolute Gasteiger partial charge is 0.265 e. The fraction of sp³-hybridized carbons (Fsp3) is 0.174. The van der Waals surface area contributed by atoms with Gasteiger partial charge in [0.25, 0.3) is 10.0 Å². The van der Waals surface area contributed by atoms with E-state index >= 15 is 0 Å². The quantitative estimate of drug-likeness (QED) is 0.512. The van der Waals surface area contributed by atoms with E-state index in [1.54, 1.807) is 54.2 Å². The summed E-state index contributed by atoms with van der Waals surface area (Å²) < 4.78 is 27.6. The predicted octanol–water partition coefficient (Wildman–Crippen LogP) is 4.57. The van der Waals surface area contributed by atoms with Crippen molar-refractivity contribution in [3.63, 3.8) is 0 Å². The van der Waals surface area contributed by atoms with E-state index in [9.17, 15) is 13.2 Å². The van der Waals surface area contributed by atoms with Gasteiger partial charge in [-0.15, -0.1) is 0 Å². The Labute approximate surface area is 191 Å². The molecule has 0 spiro atoms. The largest absolute Gasteiger partial charge is 0.354 e. The lowest BCUT2D eigenvalue weighted by atomic mass is 10.0. The van der Waals surface area contributed by atoms with Crippen molar-refractivity contribution in [2.24, 2.45) is 0 Å². The number of carbonyl (C=O) groups excluding carboxylic acids is 1. The van der Waals surface area contributed by atoms with Gasteiger partial charge in [-0.25, -0.2) is 8.42 Å². The van der Waals surface area contributed by atoms with Crippen LogP contribution in [0, 0.1) is 0 Å². The van der Waals surface area contributed by atoms with Crippen molar-refractivity contribution in [3.8, 4) is 11.1 Å². The van der Waals surface area contributed by atoms with Gasteiger partial charge in [0.2, 0.25) is 5.91 Å². The topological polar surface area (TPSA) is 66.5 Å². The summed E-state index contributed by atoms with van der Waals surface area (Å²) in [7, 11) is -3.85. The highest BCUT2D eigenvalue weighted by atomic mass is 35.5. The molecule has 1 aliphatic heterocycles. The monoisotopic (exact) mass is 472 g/mol. The number of fused-ring (bicyclic) bond motifs is 3. The minimum atomic E-state index is -3.85. The summed E-state index contributed by atoms with van der Waals surface area (Å²) in [6, 6.07) is 21.9. The molecule has 0 saturated carbocycles. The number of hydrogen-bond acceptors (Lipinski definition) is 4. The van der Waals surface area contributed by atoms with Crippen LogP contribution in [0.1, 0.15) is 5.56 Å². The van der Waals surface area contributed by atoms with Crippen LogP contribution in [0.15, 0.2) is 77.7 Å². The molecule has 0 fully saturated rings. The van der Waals surface area contributed by atoms with E-state index in [1.807, 2.05) is 18.2 Å². The number of hydrogen-bond donors (Lipinski definition) is 1. The minimum absolute atomic E-state index is 0.177. The first-order valence-electron chi connectivity index (χ1n) is 9.77. The third kappa shape index (κ3) is 4.74. The van der Waals surface area contributed by atoms with E-state index in [1.165, 1.54) is 5.56 Å². The van der Waals surface area contributed by atoms with Gasteiger partial charge in [-0.1, -0.05) is 60.1 Å². The maximum absolute atomic E-state index is 13.2. The first-order chi connectivity index (χ1) is 15.0. The standard InChI is InChI=1S/C23H21ClN2O3S2/c24-18-10-11-21-20(14-18)19-8-4-5-9-22(19)31(28,29)26(21)15-23(27)25-12-13-30-16-17-6-2-1-3-7-17/h1-11,14H,12-13,15-16H2,(H,25,27). The van der Waals surface area contributed by atoms with E-state index in [0.717, 1.165) is 15.8 Å². The first kappa shape index (κ1) is 21.7. The molecule has 4 rings (SSSR count). The molecule has 5 nitrogen and oxygen atoms in total. The summed E-state index contributed by atoms with van der Waals surface area (Å²) in [5.74, 6) is 1.26. The second-order valence-electron chi connectivity index (χ2n) is 7.06. The molecule has 1 aliphatic rings. The number of sulfonamides is 1. The van der Waals surface area contributed by atoms with Gasteiger partial charge in [0.05, 0.1) is 10.6 Å². The Morgan fingerprint density at radius 2 is 1.71 bits per heavy atom. The van der Waals surface area contributed by atoms with Crippen LogP contribution in [-0.2, 0) is 20.6 Å². The molecule has 0 saturated heterocycles. The lowest BCUT2D eigenvalue weighted by Gasteiger charge is -2.31. The summed E-state index contributed by atoms with van der Waals surface area (Å²) in [6.45, 7) is 0.183. The Balaban J connectivity index is 1.43. The summed E-state index contributed by atoms with van der Waals surface area (Å²) in [5.41, 5.74) is 2.97. The van der Waals surface area contributed by atoms with Crippen molar-refractivity contribution in [2.75, 3.05) is 23.1 Å². The van der Waals surface area contributed by atoms with Crippen molar-refractivity contribution in [2.45, 2.75) is 10.6 Å². The number of nitrogens with one attached hydrogen (secondary N) is 1. The minimum Gasteiger partial charge on any atom is -0.354 e. The average molecular weight is 473 g/mol. The number of nitrogens with zero attached hydrogens (tertiary/aromatic N) is 1. The number of amides is 1. The van der Waals surface area contributed by atoms with Gasteiger partial charge in [-0.3, -0.25) is 9.10 Å². The van der Waals surface area contributed by atoms with Gasteiger partial charge in [-0.2, -0.15) is 11.8 Å². The normalized spacial score (nSPS) is 13.9. The summed E-state index contributed by atoms with van der Waals surface area (Å²) in [4.78, 5) is 12.7. The van der Waals surface area contributed by atoms with Crippen LogP contribution in [0.25, 0.3) is 11.1 Å². The molecule has 1 heterocycles. The van der Waals surface area contributed by atoms with Crippen molar-refractivity contribution < 1.29 is 13.2 Å². The molecule has 160 valence electrons. The third-order valence-corrected chi connectivity index (χ3v) is 8.02. The van der Waals surface area contributed by atoms with E-state index < -0.39 is 10.0 Å². The van der Waals surface area contributed by atoms with Crippen LogP contribution in [-0.4, -0.2) is 33.2 Å². The highest BCUT2D eigenvalue weighted by molar-refractivity contribution is 7.98. The second kappa shape index (κ2) is 9.34. The maximum atomic E-state index is 13.2. The van der Waals surface area contributed by atoms with Crippen molar-refractivity contribution in [3.05, 3.63) is 83.4 Å². The lowest BCUT2D eigenvalue weighted by Crippen LogP contribution is -2.43. The summed E-state index contributed by atoms with van der Waals surface area (Å²) in [5, 5.41) is 3.34. The molecule has 8 heteroatoms. The Morgan fingerprint density at radius 1 is 0.968 bits per heavy atom. The maximum Gasteiger partial charge on any atom is 0.265 e.